The van der Waals surface area contributed by atoms with Crippen LogP contribution >= 0.6 is 0 Å². The van der Waals surface area contributed by atoms with E-state index in [4.69, 9.17) is 4.74 Å². The van der Waals surface area contributed by atoms with Crippen LogP contribution in [0.5, 0.6) is 0 Å². The normalized spacial score (nSPS) is 33.0. The van der Waals surface area contributed by atoms with Crippen molar-refractivity contribution < 1.29 is 9.53 Å². The molecule has 114 valence electrons. The molecule has 2 saturated heterocycles. The number of rotatable bonds is 4. The molecule has 3 rings (SSSR count). The van der Waals surface area contributed by atoms with Crippen molar-refractivity contribution >= 4 is 5.97 Å². The summed E-state index contributed by atoms with van der Waals surface area (Å²) in [7, 11) is 0. The number of esters is 1. The zero-order valence-electron chi connectivity index (χ0n) is 12.6. The second-order valence-electron chi connectivity index (χ2n) is 6.29. The molecule has 20 heavy (non-hydrogen) atoms. The van der Waals surface area contributed by atoms with Crippen molar-refractivity contribution in [2.24, 2.45) is 0 Å². The highest BCUT2D eigenvalue weighted by molar-refractivity contribution is 5.82. The lowest BCUT2D eigenvalue weighted by Crippen LogP contribution is -2.58. The molecule has 2 heterocycles. The summed E-state index contributed by atoms with van der Waals surface area (Å²) in [6.45, 7) is 8.30. The van der Waals surface area contributed by atoms with E-state index in [1.54, 1.807) is 0 Å². The van der Waals surface area contributed by atoms with E-state index in [9.17, 15) is 4.79 Å². The van der Waals surface area contributed by atoms with Crippen molar-refractivity contribution in [1.29, 1.82) is 0 Å². The number of ether oxygens (including phenoxy) is 1. The second kappa shape index (κ2) is 6.00. The summed E-state index contributed by atoms with van der Waals surface area (Å²) in [5, 5.41) is 3.43. The van der Waals surface area contributed by atoms with Crippen LogP contribution in [0.1, 0.15) is 32.6 Å². The summed E-state index contributed by atoms with van der Waals surface area (Å²) in [6, 6.07) is 0.733. The summed E-state index contributed by atoms with van der Waals surface area (Å²) in [5.41, 5.74) is -0.384. The van der Waals surface area contributed by atoms with Gasteiger partial charge < -0.3 is 10.1 Å². The molecule has 3 fully saturated rings. The highest BCUT2D eigenvalue weighted by Gasteiger charge is 2.52. The fourth-order valence-corrected chi connectivity index (χ4v) is 3.67. The van der Waals surface area contributed by atoms with Crippen LogP contribution in [0.3, 0.4) is 0 Å². The van der Waals surface area contributed by atoms with Crippen molar-refractivity contribution in [3.8, 4) is 0 Å². The lowest BCUT2D eigenvalue weighted by Gasteiger charge is -2.38. The molecule has 1 saturated carbocycles. The van der Waals surface area contributed by atoms with Crippen LogP contribution in [-0.2, 0) is 9.53 Å². The first kappa shape index (κ1) is 14.3. The van der Waals surface area contributed by atoms with Crippen LogP contribution in [0.15, 0.2) is 0 Å². The lowest BCUT2D eigenvalue weighted by molar-refractivity contribution is -0.157. The highest BCUT2D eigenvalue weighted by atomic mass is 16.5. The van der Waals surface area contributed by atoms with E-state index >= 15 is 0 Å². The quantitative estimate of drug-likeness (QED) is 0.758. The SMILES string of the molecule is CCOC(=O)C1(N2CCCNCC2)CCN(C2CC2)C1. The van der Waals surface area contributed by atoms with Crippen LogP contribution in [-0.4, -0.2) is 73.2 Å². The predicted molar refractivity (Wildman–Crippen MR) is 77.6 cm³/mol. The Morgan fingerprint density at radius 1 is 1.30 bits per heavy atom. The van der Waals surface area contributed by atoms with Gasteiger partial charge in [0.25, 0.3) is 0 Å². The minimum Gasteiger partial charge on any atom is -0.465 e. The maximum Gasteiger partial charge on any atom is 0.327 e. The Kier molecular flexibility index (Phi) is 4.29. The standard InChI is InChI=1S/C15H27N3O2/c1-2-20-14(19)15(18-9-3-7-16-8-11-18)6-10-17(12-15)13-4-5-13/h13,16H,2-12H2,1H3. The molecule has 1 N–H and O–H groups in total. The molecule has 1 unspecified atom stereocenters. The molecule has 3 aliphatic rings. The Labute approximate surface area is 121 Å². The third kappa shape index (κ3) is 2.71. The first-order chi connectivity index (χ1) is 9.76. The van der Waals surface area contributed by atoms with Gasteiger partial charge in [0.2, 0.25) is 0 Å². The van der Waals surface area contributed by atoms with Crippen molar-refractivity contribution in [3.63, 3.8) is 0 Å². The molecule has 2 aliphatic heterocycles. The van der Waals surface area contributed by atoms with Crippen LogP contribution in [0.4, 0.5) is 0 Å². The highest BCUT2D eigenvalue weighted by Crippen LogP contribution is 2.37. The second-order valence-corrected chi connectivity index (χ2v) is 6.29. The average Bonchev–Trinajstić information content (AvgIpc) is 3.24. The topological polar surface area (TPSA) is 44.8 Å². The third-order valence-corrected chi connectivity index (χ3v) is 4.94. The van der Waals surface area contributed by atoms with Crippen molar-refractivity contribution in [1.82, 2.24) is 15.1 Å². The Hall–Kier alpha value is -0.650. The van der Waals surface area contributed by atoms with Crippen LogP contribution in [0.25, 0.3) is 0 Å². The van der Waals surface area contributed by atoms with Gasteiger partial charge in [-0.2, -0.15) is 0 Å². The Morgan fingerprint density at radius 3 is 2.90 bits per heavy atom. The number of likely N-dealkylation sites (tertiary alicyclic amines) is 1. The van der Waals surface area contributed by atoms with E-state index in [1.165, 1.54) is 12.8 Å². The molecule has 0 aromatic rings. The maximum atomic E-state index is 12.7. The van der Waals surface area contributed by atoms with Crippen LogP contribution < -0.4 is 5.32 Å². The molecule has 0 amide bonds. The van der Waals surface area contributed by atoms with Gasteiger partial charge in [-0.25, -0.2) is 4.79 Å². The Bertz CT molecular complexity index is 351. The Morgan fingerprint density at radius 2 is 2.15 bits per heavy atom. The fraction of sp³-hybridized carbons (Fsp3) is 0.933. The zero-order valence-corrected chi connectivity index (χ0v) is 12.6. The van der Waals surface area contributed by atoms with Crippen LogP contribution in [0, 0.1) is 0 Å². The third-order valence-electron chi connectivity index (χ3n) is 4.94. The van der Waals surface area contributed by atoms with Crippen LogP contribution in [0.2, 0.25) is 0 Å². The summed E-state index contributed by atoms with van der Waals surface area (Å²) in [5.74, 6) is 0.00468. The van der Waals surface area contributed by atoms with Gasteiger partial charge >= 0.3 is 5.97 Å². The molecule has 5 heteroatoms. The van der Waals surface area contributed by atoms with E-state index in [-0.39, 0.29) is 11.5 Å². The van der Waals surface area contributed by atoms with Gasteiger partial charge in [0.05, 0.1) is 6.61 Å². The average molecular weight is 281 g/mol. The molecule has 1 aliphatic carbocycles. The molecule has 0 bridgehead atoms. The smallest absolute Gasteiger partial charge is 0.327 e. The van der Waals surface area contributed by atoms with E-state index in [0.717, 1.165) is 58.2 Å². The lowest BCUT2D eigenvalue weighted by atomic mass is 9.95. The number of nitrogens with zero attached hydrogens (tertiary/aromatic N) is 2. The van der Waals surface area contributed by atoms with E-state index in [1.807, 2.05) is 6.92 Å². The van der Waals surface area contributed by atoms with Gasteiger partial charge in [0, 0.05) is 38.8 Å². The summed E-state index contributed by atoms with van der Waals surface area (Å²) >= 11 is 0. The maximum absolute atomic E-state index is 12.7. The number of hydrogen-bond acceptors (Lipinski definition) is 5. The number of hydrogen-bond donors (Lipinski definition) is 1. The Balaban J connectivity index is 1.77. The van der Waals surface area contributed by atoms with Gasteiger partial charge in [-0.1, -0.05) is 0 Å². The molecular weight excluding hydrogens is 254 g/mol. The molecule has 0 spiro atoms. The minimum atomic E-state index is -0.384. The van der Waals surface area contributed by atoms with E-state index < -0.39 is 0 Å². The predicted octanol–water partition coefficient (Wildman–Crippen LogP) is 0.452. The van der Waals surface area contributed by atoms with E-state index in [2.05, 4.69) is 15.1 Å². The molecule has 1 atom stereocenters. The first-order valence-electron chi connectivity index (χ1n) is 8.13. The van der Waals surface area contributed by atoms with E-state index in [0.29, 0.717) is 6.61 Å². The summed E-state index contributed by atoms with van der Waals surface area (Å²) in [4.78, 5) is 17.6. The molecule has 0 aromatic heterocycles. The molecule has 0 aromatic carbocycles. The number of nitrogens with one attached hydrogen (secondary N) is 1. The summed E-state index contributed by atoms with van der Waals surface area (Å²) < 4.78 is 5.44. The fourth-order valence-electron chi connectivity index (χ4n) is 3.67. The van der Waals surface area contributed by atoms with Gasteiger partial charge in [0.15, 0.2) is 0 Å². The van der Waals surface area contributed by atoms with Gasteiger partial charge in [0.1, 0.15) is 5.54 Å². The van der Waals surface area contributed by atoms with Crippen molar-refractivity contribution in [2.45, 2.75) is 44.2 Å². The van der Waals surface area contributed by atoms with Crippen molar-refractivity contribution in [2.75, 3.05) is 45.9 Å². The first-order valence-corrected chi connectivity index (χ1v) is 8.13. The number of carbonyl (C=O) groups excluding carboxylic acids is 1. The van der Waals surface area contributed by atoms with Crippen molar-refractivity contribution in [3.05, 3.63) is 0 Å². The zero-order chi connectivity index (χ0) is 14.0. The molecular formula is C15H27N3O2. The van der Waals surface area contributed by atoms with Gasteiger partial charge in [-0.05, 0) is 39.2 Å². The largest absolute Gasteiger partial charge is 0.465 e. The molecule has 5 nitrogen and oxygen atoms in total. The number of carbonyl (C=O) groups is 1. The molecule has 0 radical (unpaired) electrons. The van der Waals surface area contributed by atoms with Gasteiger partial charge in [-0.15, -0.1) is 0 Å². The monoisotopic (exact) mass is 281 g/mol. The summed E-state index contributed by atoms with van der Waals surface area (Å²) in [6.07, 6.45) is 4.66. The van der Waals surface area contributed by atoms with Gasteiger partial charge in [-0.3, -0.25) is 9.80 Å². The minimum absolute atomic E-state index is 0.00468.